The van der Waals surface area contributed by atoms with Crippen LogP contribution in [0, 0.1) is 0 Å². The third kappa shape index (κ3) is 4.20. The fourth-order valence-electron chi connectivity index (χ4n) is 3.58. The molecule has 0 atom stereocenters. The maximum atomic E-state index is 13.4. The van der Waals surface area contributed by atoms with Crippen molar-refractivity contribution in [3.05, 3.63) is 70.9 Å². The maximum absolute atomic E-state index is 13.4. The number of carbonyl (C=O) groups excluding carboxylic acids is 1. The fraction of sp³-hybridized carbons (Fsp3) is 0.333. The van der Waals surface area contributed by atoms with Gasteiger partial charge in [-0.15, -0.1) is 0 Å². The standard InChI is InChI=1S/C21H23BrN4O2/c1-24-10-8-18(9-11-24)25(15-20-3-2-12-28-20)21(27)16-13-23-26(14-16)19-6-4-17(22)5-7-19/h2-7,12-14,18H,8-11,15H2,1H3. The molecule has 28 heavy (non-hydrogen) atoms. The van der Waals surface area contributed by atoms with Crippen LogP contribution >= 0.6 is 15.9 Å². The molecule has 0 unspecified atom stereocenters. The Kier molecular flexibility index (Phi) is 5.64. The van der Waals surface area contributed by atoms with E-state index in [1.165, 1.54) is 0 Å². The normalized spacial score (nSPS) is 15.6. The summed E-state index contributed by atoms with van der Waals surface area (Å²) in [5.41, 5.74) is 1.51. The van der Waals surface area contributed by atoms with Crippen LogP contribution in [0.3, 0.4) is 0 Å². The van der Waals surface area contributed by atoms with Crippen LogP contribution in [0.15, 0.2) is 63.9 Å². The zero-order chi connectivity index (χ0) is 19.5. The topological polar surface area (TPSA) is 54.5 Å². The number of aromatic nitrogens is 2. The monoisotopic (exact) mass is 442 g/mol. The Balaban J connectivity index is 1.57. The molecule has 0 radical (unpaired) electrons. The molecule has 3 heterocycles. The first-order chi connectivity index (χ1) is 13.6. The lowest BCUT2D eigenvalue weighted by Crippen LogP contribution is -2.46. The largest absolute Gasteiger partial charge is 0.467 e. The molecule has 1 aliphatic rings. The molecule has 0 saturated carbocycles. The Morgan fingerprint density at radius 2 is 2.00 bits per heavy atom. The Bertz CT molecular complexity index is 912. The molecule has 0 aliphatic carbocycles. The first-order valence-electron chi connectivity index (χ1n) is 9.42. The summed E-state index contributed by atoms with van der Waals surface area (Å²) in [7, 11) is 2.12. The number of likely N-dealkylation sites (tertiary alicyclic amines) is 1. The average molecular weight is 443 g/mol. The van der Waals surface area contributed by atoms with Gasteiger partial charge in [0.05, 0.1) is 30.3 Å². The highest BCUT2D eigenvalue weighted by Gasteiger charge is 2.29. The number of rotatable bonds is 5. The second kappa shape index (κ2) is 8.32. The van der Waals surface area contributed by atoms with Gasteiger partial charge in [0, 0.05) is 16.7 Å². The first kappa shape index (κ1) is 19.0. The molecule has 7 heteroatoms. The van der Waals surface area contributed by atoms with Gasteiger partial charge in [0.1, 0.15) is 5.76 Å². The van der Waals surface area contributed by atoms with E-state index in [2.05, 4.69) is 33.0 Å². The van der Waals surface area contributed by atoms with Gasteiger partial charge in [0.15, 0.2) is 0 Å². The summed E-state index contributed by atoms with van der Waals surface area (Å²) in [5.74, 6) is 0.793. The molecule has 3 aromatic rings. The molecule has 0 spiro atoms. The zero-order valence-corrected chi connectivity index (χ0v) is 17.4. The SMILES string of the molecule is CN1CCC(N(Cc2ccco2)C(=O)c2cnn(-c3ccc(Br)cc3)c2)CC1. The van der Waals surface area contributed by atoms with Gasteiger partial charge in [-0.2, -0.15) is 5.10 Å². The Labute approximate surface area is 172 Å². The predicted octanol–water partition coefficient (Wildman–Crippen LogP) is 3.96. The van der Waals surface area contributed by atoms with E-state index in [0.717, 1.165) is 41.9 Å². The van der Waals surface area contributed by atoms with Crippen LogP contribution in [0.4, 0.5) is 0 Å². The molecule has 4 rings (SSSR count). The van der Waals surface area contributed by atoms with Crippen LogP contribution in [0.25, 0.3) is 5.69 Å². The maximum Gasteiger partial charge on any atom is 0.257 e. The van der Waals surface area contributed by atoms with Crippen molar-refractivity contribution in [3.8, 4) is 5.69 Å². The van der Waals surface area contributed by atoms with Crippen LogP contribution < -0.4 is 0 Å². The molecule has 1 aliphatic heterocycles. The van der Waals surface area contributed by atoms with E-state index in [-0.39, 0.29) is 11.9 Å². The average Bonchev–Trinajstić information content (AvgIpc) is 3.39. The molecular formula is C21H23BrN4O2. The molecule has 0 bridgehead atoms. The predicted molar refractivity (Wildman–Crippen MR) is 110 cm³/mol. The lowest BCUT2D eigenvalue weighted by Gasteiger charge is -2.36. The summed E-state index contributed by atoms with van der Waals surface area (Å²) < 4.78 is 8.26. The second-order valence-electron chi connectivity index (χ2n) is 7.20. The van der Waals surface area contributed by atoms with Crippen LogP contribution in [0.5, 0.6) is 0 Å². The number of amides is 1. The van der Waals surface area contributed by atoms with Gasteiger partial charge in [-0.1, -0.05) is 15.9 Å². The number of nitrogens with zero attached hydrogens (tertiary/aromatic N) is 4. The van der Waals surface area contributed by atoms with Crippen molar-refractivity contribution in [1.29, 1.82) is 0 Å². The minimum Gasteiger partial charge on any atom is -0.467 e. The minimum atomic E-state index is -0.00526. The van der Waals surface area contributed by atoms with Gasteiger partial charge in [-0.25, -0.2) is 4.68 Å². The summed E-state index contributed by atoms with van der Waals surface area (Å²) in [6.45, 7) is 2.46. The molecule has 146 valence electrons. The minimum absolute atomic E-state index is 0.00526. The molecule has 0 N–H and O–H groups in total. The molecule has 2 aromatic heterocycles. The molecule has 6 nitrogen and oxygen atoms in total. The van der Waals surface area contributed by atoms with E-state index in [1.807, 2.05) is 41.3 Å². The van der Waals surface area contributed by atoms with E-state index in [4.69, 9.17) is 4.42 Å². The number of hydrogen-bond donors (Lipinski definition) is 0. The summed E-state index contributed by atoms with van der Waals surface area (Å²) in [6, 6.07) is 11.8. The third-order valence-electron chi connectivity index (χ3n) is 5.22. The highest BCUT2D eigenvalue weighted by molar-refractivity contribution is 9.10. The Hall–Kier alpha value is -2.38. The number of furan rings is 1. The molecule has 1 saturated heterocycles. The molecule has 1 amide bonds. The van der Waals surface area contributed by atoms with Gasteiger partial charge in [0.25, 0.3) is 5.91 Å². The van der Waals surface area contributed by atoms with Crippen LogP contribution in [-0.4, -0.2) is 51.7 Å². The van der Waals surface area contributed by atoms with E-state index < -0.39 is 0 Å². The number of benzene rings is 1. The Morgan fingerprint density at radius 3 is 2.68 bits per heavy atom. The molecule has 1 aromatic carbocycles. The van der Waals surface area contributed by atoms with Crippen molar-refractivity contribution >= 4 is 21.8 Å². The van der Waals surface area contributed by atoms with Gasteiger partial charge in [-0.3, -0.25) is 4.79 Å². The number of piperidine rings is 1. The van der Waals surface area contributed by atoms with E-state index in [9.17, 15) is 4.79 Å². The van der Waals surface area contributed by atoms with Crippen molar-refractivity contribution in [3.63, 3.8) is 0 Å². The van der Waals surface area contributed by atoms with Gasteiger partial charge >= 0.3 is 0 Å². The van der Waals surface area contributed by atoms with Crippen molar-refractivity contribution in [2.75, 3.05) is 20.1 Å². The summed E-state index contributed by atoms with van der Waals surface area (Å²) in [4.78, 5) is 17.6. The highest BCUT2D eigenvalue weighted by atomic mass is 79.9. The van der Waals surface area contributed by atoms with E-state index in [0.29, 0.717) is 12.1 Å². The second-order valence-corrected chi connectivity index (χ2v) is 8.11. The van der Waals surface area contributed by atoms with Gasteiger partial charge < -0.3 is 14.2 Å². The summed E-state index contributed by atoms with van der Waals surface area (Å²) >= 11 is 3.44. The summed E-state index contributed by atoms with van der Waals surface area (Å²) in [5, 5.41) is 4.40. The summed E-state index contributed by atoms with van der Waals surface area (Å²) in [6.07, 6.45) is 7.02. The van der Waals surface area contributed by atoms with Gasteiger partial charge in [-0.05, 0) is 69.4 Å². The van der Waals surface area contributed by atoms with Crippen molar-refractivity contribution in [2.24, 2.45) is 0 Å². The van der Waals surface area contributed by atoms with Crippen LogP contribution in [-0.2, 0) is 6.54 Å². The first-order valence-corrected chi connectivity index (χ1v) is 10.2. The quantitative estimate of drug-likeness (QED) is 0.599. The van der Waals surface area contributed by atoms with Crippen molar-refractivity contribution in [2.45, 2.75) is 25.4 Å². The van der Waals surface area contributed by atoms with Crippen LogP contribution in [0.1, 0.15) is 29.0 Å². The van der Waals surface area contributed by atoms with Crippen molar-refractivity contribution < 1.29 is 9.21 Å². The van der Waals surface area contributed by atoms with E-state index in [1.54, 1.807) is 23.3 Å². The number of hydrogen-bond acceptors (Lipinski definition) is 4. The lowest BCUT2D eigenvalue weighted by atomic mass is 10.0. The van der Waals surface area contributed by atoms with E-state index >= 15 is 0 Å². The van der Waals surface area contributed by atoms with Gasteiger partial charge in [0.2, 0.25) is 0 Å². The van der Waals surface area contributed by atoms with Crippen LogP contribution in [0.2, 0.25) is 0 Å². The third-order valence-corrected chi connectivity index (χ3v) is 5.75. The smallest absolute Gasteiger partial charge is 0.257 e. The Morgan fingerprint density at radius 1 is 1.25 bits per heavy atom. The zero-order valence-electron chi connectivity index (χ0n) is 15.8. The highest BCUT2D eigenvalue weighted by Crippen LogP contribution is 2.22. The number of carbonyl (C=O) groups is 1. The fourth-order valence-corrected chi connectivity index (χ4v) is 3.84. The number of halogens is 1. The van der Waals surface area contributed by atoms with Crippen molar-refractivity contribution in [1.82, 2.24) is 19.6 Å². The molecule has 1 fully saturated rings. The molecular weight excluding hydrogens is 420 g/mol. The lowest BCUT2D eigenvalue weighted by molar-refractivity contribution is 0.0550.